The van der Waals surface area contributed by atoms with Gasteiger partial charge in [0, 0.05) is 4.47 Å². The van der Waals surface area contributed by atoms with Crippen molar-refractivity contribution in [1.29, 1.82) is 0 Å². The van der Waals surface area contributed by atoms with Crippen LogP contribution < -0.4 is 10.1 Å². The van der Waals surface area contributed by atoms with Crippen LogP contribution in [0, 0.1) is 0 Å². The van der Waals surface area contributed by atoms with Crippen molar-refractivity contribution in [2.75, 3.05) is 12.4 Å². The highest BCUT2D eigenvalue weighted by Gasteiger charge is 2.12. The first-order chi connectivity index (χ1) is 9.11. The van der Waals surface area contributed by atoms with Crippen LogP contribution in [0.2, 0.25) is 5.02 Å². The average Bonchev–Trinajstić information content (AvgIpc) is 2.41. The van der Waals surface area contributed by atoms with Crippen molar-refractivity contribution in [3.8, 4) is 5.75 Å². The van der Waals surface area contributed by atoms with Crippen molar-refractivity contribution in [1.82, 2.24) is 0 Å². The lowest BCUT2D eigenvalue weighted by atomic mass is 10.2. The maximum atomic E-state index is 12.1. The Morgan fingerprint density at radius 1 is 1.26 bits per heavy atom. The summed E-state index contributed by atoms with van der Waals surface area (Å²) in [4.78, 5) is 12.1. The molecule has 0 heterocycles. The van der Waals surface area contributed by atoms with Gasteiger partial charge in [-0.05, 0) is 30.3 Å². The Morgan fingerprint density at radius 3 is 2.68 bits per heavy atom. The number of halogens is 2. The monoisotopic (exact) mass is 339 g/mol. The minimum atomic E-state index is -0.272. The van der Waals surface area contributed by atoms with E-state index < -0.39 is 0 Å². The highest BCUT2D eigenvalue weighted by molar-refractivity contribution is 9.10. The SMILES string of the molecule is COc1cc(Br)ccc1NC(=O)c1ccccc1Cl. The van der Waals surface area contributed by atoms with Gasteiger partial charge in [-0.15, -0.1) is 0 Å². The summed E-state index contributed by atoms with van der Waals surface area (Å²) in [6, 6.07) is 12.3. The summed E-state index contributed by atoms with van der Waals surface area (Å²) in [6.07, 6.45) is 0. The molecule has 0 spiro atoms. The van der Waals surface area contributed by atoms with Gasteiger partial charge in [-0.25, -0.2) is 0 Å². The third kappa shape index (κ3) is 3.28. The van der Waals surface area contributed by atoms with E-state index in [1.54, 1.807) is 43.5 Å². The minimum Gasteiger partial charge on any atom is -0.495 e. The number of ether oxygens (including phenoxy) is 1. The molecule has 0 aliphatic carbocycles. The van der Waals surface area contributed by atoms with Crippen molar-refractivity contribution in [2.24, 2.45) is 0 Å². The fraction of sp³-hybridized carbons (Fsp3) is 0.0714. The first-order valence-corrected chi connectivity index (χ1v) is 6.68. The summed E-state index contributed by atoms with van der Waals surface area (Å²) in [5, 5.41) is 3.19. The molecule has 0 unspecified atom stereocenters. The van der Waals surface area contributed by atoms with Crippen LogP contribution in [-0.4, -0.2) is 13.0 Å². The molecule has 5 heteroatoms. The van der Waals surface area contributed by atoms with E-state index >= 15 is 0 Å². The predicted molar refractivity (Wildman–Crippen MR) is 80.1 cm³/mol. The molecule has 2 aromatic carbocycles. The molecule has 0 radical (unpaired) electrons. The minimum absolute atomic E-state index is 0.272. The fourth-order valence-corrected chi connectivity index (χ4v) is 2.16. The van der Waals surface area contributed by atoms with Crippen molar-refractivity contribution >= 4 is 39.1 Å². The number of amides is 1. The molecule has 1 amide bonds. The van der Waals surface area contributed by atoms with Crippen LogP contribution in [0.3, 0.4) is 0 Å². The summed E-state index contributed by atoms with van der Waals surface area (Å²) < 4.78 is 6.09. The second kappa shape index (κ2) is 6.08. The van der Waals surface area contributed by atoms with Crippen molar-refractivity contribution in [2.45, 2.75) is 0 Å². The average molecular weight is 341 g/mol. The van der Waals surface area contributed by atoms with Gasteiger partial charge in [0.15, 0.2) is 0 Å². The molecule has 2 aromatic rings. The number of methoxy groups -OCH3 is 1. The molecule has 0 bridgehead atoms. The lowest BCUT2D eigenvalue weighted by molar-refractivity contribution is 0.102. The lowest BCUT2D eigenvalue weighted by Crippen LogP contribution is -2.13. The van der Waals surface area contributed by atoms with Crippen LogP contribution in [0.25, 0.3) is 0 Å². The molecular weight excluding hydrogens is 330 g/mol. The first kappa shape index (κ1) is 13.9. The van der Waals surface area contributed by atoms with E-state index in [0.717, 1.165) is 4.47 Å². The lowest BCUT2D eigenvalue weighted by Gasteiger charge is -2.11. The zero-order chi connectivity index (χ0) is 13.8. The van der Waals surface area contributed by atoms with Gasteiger partial charge in [-0.3, -0.25) is 4.79 Å². The smallest absolute Gasteiger partial charge is 0.257 e. The van der Waals surface area contributed by atoms with Gasteiger partial charge in [0.2, 0.25) is 0 Å². The maximum absolute atomic E-state index is 12.1. The second-order valence-electron chi connectivity index (χ2n) is 3.78. The Labute approximate surface area is 124 Å². The summed E-state index contributed by atoms with van der Waals surface area (Å²) in [6.45, 7) is 0. The molecule has 0 saturated carbocycles. The Hall–Kier alpha value is -1.52. The largest absolute Gasteiger partial charge is 0.495 e. The quantitative estimate of drug-likeness (QED) is 0.901. The Balaban J connectivity index is 2.27. The number of hydrogen-bond acceptors (Lipinski definition) is 2. The standard InChI is InChI=1S/C14H11BrClNO2/c1-19-13-8-9(15)6-7-12(13)17-14(18)10-4-2-3-5-11(10)16/h2-8H,1H3,(H,17,18). The van der Waals surface area contributed by atoms with Crippen molar-refractivity contribution in [3.63, 3.8) is 0 Å². The number of carbonyl (C=O) groups excluding carboxylic acids is 1. The molecule has 19 heavy (non-hydrogen) atoms. The number of rotatable bonds is 3. The highest BCUT2D eigenvalue weighted by atomic mass is 79.9. The van der Waals surface area contributed by atoms with E-state index in [-0.39, 0.29) is 5.91 Å². The molecule has 0 aromatic heterocycles. The molecule has 3 nitrogen and oxygen atoms in total. The van der Waals surface area contributed by atoms with Gasteiger partial charge in [0.25, 0.3) is 5.91 Å². The normalized spacial score (nSPS) is 10.1. The molecule has 0 aliphatic rings. The molecule has 0 atom stereocenters. The van der Waals surface area contributed by atoms with Crippen molar-refractivity contribution < 1.29 is 9.53 Å². The number of nitrogens with one attached hydrogen (secondary N) is 1. The van der Waals surface area contributed by atoms with E-state index in [4.69, 9.17) is 16.3 Å². The number of carbonyl (C=O) groups is 1. The molecule has 1 N–H and O–H groups in total. The fourth-order valence-electron chi connectivity index (χ4n) is 1.60. The van der Waals surface area contributed by atoms with Gasteiger partial charge in [0.1, 0.15) is 5.75 Å². The van der Waals surface area contributed by atoms with Gasteiger partial charge in [0.05, 0.1) is 23.4 Å². The second-order valence-corrected chi connectivity index (χ2v) is 5.10. The number of anilines is 1. The number of hydrogen-bond donors (Lipinski definition) is 1. The van der Waals surface area contributed by atoms with Crippen LogP contribution in [0.15, 0.2) is 46.9 Å². The molecule has 2 rings (SSSR count). The Bertz CT molecular complexity index is 616. The third-order valence-electron chi connectivity index (χ3n) is 2.53. The van der Waals surface area contributed by atoms with Gasteiger partial charge < -0.3 is 10.1 Å². The van der Waals surface area contributed by atoms with Gasteiger partial charge >= 0.3 is 0 Å². The molecular formula is C14H11BrClNO2. The number of benzene rings is 2. The van der Waals surface area contributed by atoms with E-state index in [9.17, 15) is 4.79 Å². The Morgan fingerprint density at radius 2 is 2.00 bits per heavy atom. The molecule has 0 fully saturated rings. The van der Waals surface area contributed by atoms with Crippen molar-refractivity contribution in [3.05, 3.63) is 57.5 Å². The van der Waals surface area contributed by atoms with Crippen LogP contribution in [0.1, 0.15) is 10.4 Å². The maximum Gasteiger partial charge on any atom is 0.257 e. The first-order valence-electron chi connectivity index (χ1n) is 5.51. The zero-order valence-electron chi connectivity index (χ0n) is 10.1. The van der Waals surface area contributed by atoms with E-state index in [0.29, 0.717) is 22.0 Å². The summed E-state index contributed by atoms with van der Waals surface area (Å²) in [5.74, 6) is 0.306. The van der Waals surface area contributed by atoms with Gasteiger partial charge in [-0.2, -0.15) is 0 Å². The van der Waals surface area contributed by atoms with E-state index in [1.807, 2.05) is 6.07 Å². The third-order valence-corrected chi connectivity index (χ3v) is 3.35. The van der Waals surface area contributed by atoms with E-state index in [1.165, 1.54) is 0 Å². The van der Waals surface area contributed by atoms with Crippen LogP contribution in [-0.2, 0) is 0 Å². The molecule has 98 valence electrons. The van der Waals surface area contributed by atoms with E-state index in [2.05, 4.69) is 21.2 Å². The van der Waals surface area contributed by atoms with Crippen LogP contribution >= 0.6 is 27.5 Å². The van der Waals surface area contributed by atoms with Crippen LogP contribution in [0.5, 0.6) is 5.75 Å². The topological polar surface area (TPSA) is 38.3 Å². The summed E-state index contributed by atoms with van der Waals surface area (Å²) in [7, 11) is 1.55. The molecule has 0 aliphatic heterocycles. The zero-order valence-corrected chi connectivity index (χ0v) is 12.5. The highest BCUT2D eigenvalue weighted by Crippen LogP contribution is 2.28. The Kier molecular flexibility index (Phi) is 4.45. The van der Waals surface area contributed by atoms with Gasteiger partial charge in [-0.1, -0.05) is 39.7 Å². The summed E-state index contributed by atoms with van der Waals surface area (Å²) in [5.41, 5.74) is 1.02. The van der Waals surface area contributed by atoms with Crippen LogP contribution in [0.4, 0.5) is 5.69 Å². The molecule has 0 saturated heterocycles. The summed E-state index contributed by atoms with van der Waals surface area (Å²) >= 11 is 9.33. The predicted octanol–water partition coefficient (Wildman–Crippen LogP) is 4.36.